The van der Waals surface area contributed by atoms with Crippen LogP contribution in [-0.2, 0) is 14.9 Å². The van der Waals surface area contributed by atoms with Gasteiger partial charge in [0.2, 0.25) is 5.91 Å². The summed E-state index contributed by atoms with van der Waals surface area (Å²) in [5, 5.41) is 12.4. The SMILES string of the molecule is CCCCOc1ccc(NC(=O)C2(c3ccc(F)cc3)CCOCC2)c(C#N)c1. The van der Waals surface area contributed by atoms with Gasteiger partial charge in [-0.3, -0.25) is 4.79 Å². The molecule has 0 saturated carbocycles. The van der Waals surface area contributed by atoms with Crippen molar-refractivity contribution in [2.24, 2.45) is 0 Å². The molecule has 2 aromatic rings. The number of hydrogen-bond donors (Lipinski definition) is 1. The fourth-order valence-electron chi connectivity index (χ4n) is 3.53. The number of nitrogens with zero attached hydrogens (tertiary/aromatic N) is 1. The molecule has 0 aromatic heterocycles. The largest absolute Gasteiger partial charge is 0.494 e. The van der Waals surface area contributed by atoms with Gasteiger partial charge in [0.1, 0.15) is 17.6 Å². The summed E-state index contributed by atoms with van der Waals surface area (Å²) in [6.07, 6.45) is 2.94. The molecule has 1 fully saturated rings. The van der Waals surface area contributed by atoms with Crippen LogP contribution in [0.3, 0.4) is 0 Å². The maximum atomic E-state index is 13.4. The van der Waals surface area contributed by atoms with Crippen LogP contribution in [-0.4, -0.2) is 25.7 Å². The smallest absolute Gasteiger partial charge is 0.235 e. The van der Waals surface area contributed by atoms with Crippen LogP contribution >= 0.6 is 0 Å². The maximum absolute atomic E-state index is 13.4. The number of rotatable bonds is 7. The summed E-state index contributed by atoms with van der Waals surface area (Å²) < 4.78 is 24.5. The molecule has 3 rings (SSSR count). The lowest BCUT2D eigenvalue weighted by Crippen LogP contribution is -2.45. The van der Waals surface area contributed by atoms with E-state index < -0.39 is 5.41 Å². The van der Waals surface area contributed by atoms with Crippen molar-refractivity contribution in [1.82, 2.24) is 0 Å². The van der Waals surface area contributed by atoms with Crippen molar-refractivity contribution in [3.63, 3.8) is 0 Å². The first-order chi connectivity index (χ1) is 14.1. The second kappa shape index (κ2) is 9.53. The average molecular weight is 396 g/mol. The quantitative estimate of drug-likeness (QED) is 0.696. The van der Waals surface area contributed by atoms with E-state index in [2.05, 4.69) is 18.3 Å². The molecule has 1 aliphatic rings. The number of hydrogen-bond acceptors (Lipinski definition) is 4. The summed E-state index contributed by atoms with van der Waals surface area (Å²) in [4.78, 5) is 13.3. The predicted molar refractivity (Wildman–Crippen MR) is 108 cm³/mol. The number of nitriles is 1. The Bertz CT molecular complexity index is 884. The second-order valence-electron chi connectivity index (χ2n) is 7.18. The monoisotopic (exact) mass is 396 g/mol. The van der Waals surface area contributed by atoms with Crippen LogP contribution in [0.5, 0.6) is 5.75 Å². The van der Waals surface area contributed by atoms with E-state index in [4.69, 9.17) is 9.47 Å². The standard InChI is InChI=1S/C23H25FN2O3/c1-2-3-12-29-20-8-9-21(17(15-20)16-25)26-22(27)23(10-13-28-14-11-23)18-4-6-19(24)7-5-18/h4-9,15H,2-3,10-14H2,1H3,(H,26,27). The summed E-state index contributed by atoms with van der Waals surface area (Å²) in [5.74, 6) is 0.0395. The molecule has 6 heteroatoms. The lowest BCUT2D eigenvalue weighted by Gasteiger charge is -2.36. The van der Waals surface area contributed by atoms with E-state index in [1.165, 1.54) is 12.1 Å². The van der Waals surface area contributed by atoms with E-state index in [1.807, 2.05) is 0 Å². The van der Waals surface area contributed by atoms with Crippen LogP contribution in [0, 0.1) is 17.1 Å². The van der Waals surface area contributed by atoms with Gasteiger partial charge < -0.3 is 14.8 Å². The van der Waals surface area contributed by atoms with Crippen LogP contribution in [0.25, 0.3) is 0 Å². The van der Waals surface area contributed by atoms with Gasteiger partial charge in [0.25, 0.3) is 0 Å². The third kappa shape index (κ3) is 4.75. The van der Waals surface area contributed by atoms with Crippen molar-refractivity contribution >= 4 is 11.6 Å². The van der Waals surface area contributed by atoms with Crippen LogP contribution in [0.2, 0.25) is 0 Å². The Morgan fingerprint density at radius 1 is 1.24 bits per heavy atom. The third-order valence-corrected chi connectivity index (χ3v) is 5.30. The van der Waals surface area contributed by atoms with E-state index in [1.54, 1.807) is 30.3 Å². The van der Waals surface area contributed by atoms with Crippen LogP contribution in [0.15, 0.2) is 42.5 Å². The van der Waals surface area contributed by atoms with E-state index in [0.717, 1.165) is 18.4 Å². The second-order valence-corrected chi connectivity index (χ2v) is 7.18. The number of benzene rings is 2. The van der Waals surface area contributed by atoms with Gasteiger partial charge in [0, 0.05) is 13.2 Å². The minimum atomic E-state index is -0.824. The highest BCUT2D eigenvalue weighted by Gasteiger charge is 2.42. The number of carbonyl (C=O) groups is 1. The van der Waals surface area contributed by atoms with Gasteiger partial charge in [0.05, 0.1) is 23.3 Å². The van der Waals surface area contributed by atoms with Crippen molar-refractivity contribution in [3.05, 3.63) is 59.4 Å². The van der Waals surface area contributed by atoms with Gasteiger partial charge in [0.15, 0.2) is 0 Å². The Morgan fingerprint density at radius 3 is 2.62 bits per heavy atom. The number of carbonyl (C=O) groups excluding carboxylic acids is 1. The fraction of sp³-hybridized carbons (Fsp3) is 0.391. The molecule has 1 aliphatic heterocycles. The molecule has 5 nitrogen and oxygen atoms in total. The molecule has 29 heavy (non-hydrogen) atoms. The number of halogens is 1. The molecule has 1 N–H and O–H groups in total. The average Bonchev–Trinajstić information content (AvgIpc) is 2.75. The Morgan fingerprint density at radius 2 is 1.97 bits per heavy atom. The number of ether oxygens (including phenoxy) is 2. The van der Waals surface area contributed by atoms with Gasteiger partial charge in [-0.2, -0.15) is 5.26 Å². The minimum absolute atomic E-state index is 0.219. The molecule has 0 spiro atoms. The van der Waals surface area contributed by atoms with Crippen molar-refractivity contribution in [2.45, 2.75) is 38.0 Å². The number of anilines is 1. The highest BCUT2D eigenvalue weighted by Crippen LogP contribution is 2.37. The molecular weight excluding hydrogens is 371 g/mol. The summed E-state index contributed by atoms with van der Waals surface area (Å²) in [6.45, 7) is 3.55. The van der Waals surface area contributed by atoms with Gasteiger partial charge in [-0.1, -0.05) is 25.5 Å². The van der Waals surface area contributed by atoms with Gasteiger partial charge in [-0.15, -0.1) is 0 Å². The number of nitrogens with one attached hydrogen (secondary N) is 1. The zero-order valence-corrected chi connectivity index (χ0v) is 16.5. The zero-order valence-electron chi connectivity index (χ0n) is 16.5. The minimum Gasteiger partial charge on any atom is -0.494 e. The molecule has 0 atom stereocenters. The highest BCUT2D eigenvalue weighted by molar-refractivity contribution is 6.00. The Hall–Kier alpha value is -2.91. The predicted octanol–water partition coefficient (Wildman–Crippen LogP) is 4.56. The first-order valence-corrected chi connectivity index (χ1v) is 9.91. The van der Waals surface area contributed by atoms with Crippen molar-refractivity contribution in [1.29, 1.82) is 5.26 Å². The molecule has 1 saturated heterocycles. The van der Waals surface area contributed by atoms with Crippen molar-refractivity contribution in [2.75, 3.05) is 25.1 Å². The summed E-state index contributed by atoms with van der Waals surface area (Å²) in [6, 6.07) is 13.2. The van der Waals surface area contributed by atoms with E-state index in [9.17, 15) is 14.4 Å². The first-order valence-electron chi connectivity index (χ1n) is 9.91. The summed E-state index contributed by atoms with van der Waals surface area (Å²) in [7, 11) is 0. The zero-order chi connectivity index (χ0) is 20.7. The van der Waals surface area contributed by atoms with E-state index in [0.29, 0.717) is 49.7 Å². The van der Waals surface area contributed by atoms with Crippen molar-refractivity contribution in [3.8, 4) is 11.8 Å². The Labute approximate surface area is 170 Å². The maximum Gasteiger partial charge on any atom is 0.235 e. The molecular formula is C23H25FN2O3. The van der Waals surface area contributed by atoms with E-state index in [-0.39, 0.29) is 11.7 Å². The highest BCUT2D eigenvalue weighted by atomic mass is 19.1. The van der Waals surface area contributed by atoms with Crippen LogP contribution in [0.1, 0.15) is 43.7 Å². The number of unbranched alkanes of at least 4 members (excludes halogenated alkanes) is 1. The molecule has 2 aromatic carbocycles. The normalized spacial score (nSPS) is 15.3. The van der Waals surface area contributed by atoms with E-state index >= 15 is 0 Å². The molecule has 152 valence electrons. The third-order valence-electron chi connectivity index (χ3n) is 5.30. The first kappa shape index (κ1) is 20.8. The summed E-state index contributed by atoms with van der Waals surface area (Å²) >= 11 is 0. The van der Waals surface area contributed by atoms with Gasteiger partial charge in [-0.25, -0.2) is 4.39 Å². The molecule has 1 heterocycles. The van der Waals surface area contributed by atoms with Crippen molar-refractivity contribution < 1.29 is 18.7 Å². The lowest BCUT2D eigenvalue weighted by atomic mass is 9.73. The lowest BCUT2D eigenvalue weighted by molar-refractivity contribution is -0.125. The molecule has 1 amide bonds. The molecule has 0 radical (unpaired) electrons. The fourth-order valence-corrected chi connectivity index (χ4v) is 3.53. The number of amides is 1. The van der Waals surface area contributed by atoms with Gasteiger partial charge >= 0.3 is 0 Å². The Kier molecular flexibility index (Phi) is 6.84. The molecule has 0 unspecified atom stereocenters. The van der Waals surface area contributed by atoms with Crippen LogP contribution < -0.4 is 10.1 Å². The summed E-state index contributed by atoms with van der Waals surface area (Å²) in [5.41, 5.74) is 0.703. The molecule has 0 bridgehead atoms. The van der Waals surface area contributed by atoms with Crippen LogP contribution in [0.4, 0.5) is 10.1 Å². The van der Waals surface area contributed by atoms with Gasteiger partial charge in [-0.05, 0) is 55.2 Å². The topological polar surface area (TPSA) is 71.3 Å². The molecule has 0 aliphatic carbocycles. The Balaban J connectivity index is 1.84.